The highest BCUT2D eigenvalue weighted by atomic mass is 32.2. The summed E-state index contributed by atoms with van der Waals surface area (Å²) >= 11 is 2.02. The van der Waals surface area contributed by atoms with Crippen LogP contribution < -0.4 is 0 Å². The molecular weight excluding hydrogens is 258 g/mol. The molecule has 1 aliphatic rings. The van der Waals surface area contributed by atoms with Crippen LogP contribution in [0, 0.1) is 0 Å². The molecule has 0 bridgehead atoms. The van der Waals surface area contributed by atoms with Crippen LogP contribution in [-0.4, -0.2) is 41.6 Å². The lowest BCUT2D eigenvalue weighted by molar-refractivity contribution is 0.0597. The molecule has 1 aromatic carbocycles. The summed E-state index contributed by atoms with van der Waals surface area (Å²) in [4.78, 5) is 14.2. The molecule has 0 N–H and O–H groups in total. The molecule has 1 fully saturated rings. The molecule has 0 aromatic heterocycles. The first-order valence-electron chi connectivity index (χ1n) is 6.65. The summed E-state index contributed by atoms with van der Waals surface area (Å²) in [7, 11) is 1.43. The summed E-state index contributed by atoms with van der Waals surface area (Å²) in [5.74, 6) is 0.911. The van der Waals surface area contributed by atoms with Gasteiger partial charge in [0.25, 0.3) is 0 Å². The van der Waals surface area contributed by atoms with Crippen molar-refractivity contribution >= 4 is 17.7 Å². The van der Waals surface area contributed by atoms with E-state index in [0.29, 0.717) is 16.9 Å². The highest BCUT2D eigenvalue weighted by Gasteiger charge is 2.26. The van der Waals surface area contributed by atoms with Gasteiger partial charge in [-0.1, -0.05) is 25.1 Å². The number of benzene rings is 1. The van der Waals surface area contributed by atoms with Gasteiger partial charge in [-0.2, -0.15) is 11.8 Å². The van der Waals surface area contributed by atoms with Crippen LogP contribution in [0.1, 0.15) is 29.8 Å². The number of methoxy groups -OCH3 is 1. The van der Waals surface area contributed by atoms with Crippen molar-refractivity contribution in [3.8, 4) is 0 Å². The Hall–Kier alpha value is -1.00. The third-order valence-electron chi connectivity index (χ3n) is 3.81. The molecule has 0 amide bonds. The number of carbonyl (C=O) groups excluding carboxylic acids is 1. The van der Waals surface area contributed by atoms with Crippen molar-refractivity contribution in [2.24, 2.45) is 0 Å². The van der Waals surface area contributed by atoms with Gasteiger partial charge in [-0.15, -0.1) is 0 Å². The second kappa shape index (κ2) is 6.44. The van der Waals surface area contributed by atoms with Crippen molar-refractivity contribution in [3.63, 3.8) is 0 Å². The van der Waals surface area contributed by atoms with E-state index in [9.17, 15) is 4.79 Å². The van der Waals surface area contributed by atoms with E-state index < -0.39 is 0 Å². The summed E-state index contributed by atoms with van der Waals surface area (Å²) in [5.41, 5.74) is 1.74. The van der Waals surface area contributed by atoms with Gasteiger partial charge in [-0.3, -0.25) is 4.90 Å². The molecule has 1 heterocycles. The average Bonchev–Trinajstić information content (AvgIpc) is 2.43. The van der Waals surface area contributed by atoms with Crippen LogP contribution >= 0.6 is 11.8 Å². The van der Waals surface area contributed by atoms with Crippen molar-refractivity contribution in [2.75, 3.05) is 19.4 Å². The maximum absolute atomic E-state index is 11.8. The highest BCUT2D eigenvalue weighted by molar-refractivity contribution is 8.00. The molecule has 2 atom stereocenters. The molecule has 19 heavy (non-hydrogen) atoms. The molecule has 0 radical (unpaired) electrons. The Morgan fingerprint density at radius 2 is 2.16 bits per heavy atom. The van der Waals surface area contributed by atoms with E-state index in [-0.39, 0.29) is 5.97 Å². The van der Waals surface area contributed by atoms with Gasteiger partial charge in [0.1, 0.15) is 0 Å². The zero-order chi connectivity index (χ0) is 13.8. The summed E-state index contributed by atoms with van der Waals surface area (Å²) in [6.07, 6.45) is 0. The molecule has 1 saturated heterocycles. The lowest BCUT2D eigenvalue weighted by Gasteiger charge is -2.37. The number of esters is 1. The number of rotatable bonds is 3. The van der Waals surface area contributed by atoms with Crippen molar-refractivity contribution in [2.45, 2.75) is 31.7 Å². The molecule has 1 aliphatic heterocycles. The van der Waals surface area contributed by atoms with E-state index in [0.717, 1.165) is 24.4 Å². The van der Waals surface area contributed by atoms with Gasteiger partial charge in [-0.05, 0) is 18.6 Å². The van der Waals surface area contributed by atoms with Crippen LogP contribution in [0.2, 0.25) is 0 Å². The zero-order valence-electron chi connectivity index (χ0n) is 11.8. The zero-order valence-corrected chi connectivity index (χ0v) is 12.6. The minimum atomic E-state index is -0.248. The minimum absolute atomic E-state index is 0.248. The normalized spacial score (nSPS) is 24.2. The van der Waals surface area contributed by atoms with E-state index >= 15 is 0 Å². The molecule has 2 rings (SSSR count). The number of carbonyl (C=O) groups is 1. The Balaban J connectivity index is 2.16. The predicted molar refractivity (Wildman–Crippen MR) is 79.6 cm³/mol. The minimum Gasteiger partial charge on any atom is -0.465 e. The first kappa shape index (κ1) is 14.4. The van der Waals surface area contributed by atoms with Gasteiger partial charge in [0, 0.05) is 30.1 Å². The number of ether oxygens (including phenoxy) is 1. The molecule has 104 valence electrons. The Bertz CT molecular complexity index is 450. The monoisotopic (exact) mass is 279 g/mol. The third-order valence-corrected chi connectivity index (χ3v) is 5.15. The van der Waals surface area contributed by atoms with Crippen molar-refractivity contribution in [1.29, 1.82) is 0 Å². The van der Waals surface area contributed by atoms with Crippen LogP contribution in [0.4, 0.5) is 0 Å². The fraction of sp³-hybridized carbons (Fsp3) is 0.533. The van der Waals surface area contributed by atoms with E-state index in [1.165, 1.54) is 7.11 Å². The van der Waals surface area contributed by atoms with Crippen molar-refractivity contribution < 1.29 is 9.53 Å². The third kappa shape index (κ3) is 3.31. The Morgan fingerprint density at radius 3 is 2.89 bits per heavy atom. The SMILES string of the molecule is COC(=O)c1ccccc1CN1CCSC(C)C1C. The van der Waals surface area contributed by atoms with E-state index in [1.54, 1.807) is 0 Å². The maximum atomic E-state index is 11.8. The molecule has 0 saturated carbocycles. The molecule has 0 aliphatic carbocycles. The Kier molecular flexibility index (Phi) is 4.88. The molecule has 0 spiro atoms. The van der Waals surface area contributed by atoms with E-state index in [2.05, 4.69) is 18.7 Å². The van der Waals surface area contributed by atoms with Crippen molar-refractivity contribution in [1.82, 2.24) is 4.90 Å². The largest absolute Gasteiger partial charge is 0.465 e. The average molecular weight is 279 g/mol. The van der Waals surface area contributed by atoms with Gasteiger partial charge < -0.3 is 4.74 Å². The van der Waals surface area contributed by atoms with Gasteiger partial charge in [-0.25, -0.2) is 4.79 Å². The van der Waals surface area contributed by atoms with E-state index in [1.807, 2.05) is 36.0 Å². The molecule has 4 heteroatoms. The van der Waals surface area contributed by atoms with Crippen LogP contribution in [0.15, 0.2) is 24.3 Å². The molecular formula is C15H21NO2S. The lowest BCUT2D eigenvalue weighted by atomic mass is 10.1. The fourth-order valence-electron chi connectivity index (χ4n) is 2.40. The van der Waals surface area contributed by atoms with Crippen LogP contribution in [0.25, 0.3) is 0 Å². The molecule has 2 unspecified atom stereocenters. The topological polar surface area (TPSA) is 29.5 Å². The highest BCUT2D eigenvalue weighted by Crippen LogP contribution is 2.26. The fourth-order valence-corrected chi connectivity index (χ4v) is 3.57. The first-order chi connectivity index (χ1) is 9.13. The molecule has 1 aromatic rings. The summed E-state index contributed by atoms with van der Waals surface area (Å²) in [6.45, 7) is 6.42. The van der Waals surface area contributed by atoms with E-state index in [4.69, 9.17) is 4.74 Å². The standard InChI is InChI=1S/C15H21NO2S/c1-11-12(2)19-9-8-16(11)10-13-6-4-5-7-14(13)15(17)18-3/h4-7,11-12H,8-10H2,1-3H3. The second-order valence-corrected chi connectivity index (χ2v) is 6.42. The number of thioether (sulfide) groups is 1. The quantitative estimate of drug-likeness (QED) is 0.796. The summed E-state index contributed by atoms with van der Waals surface area (Å²) < 4.78 is 4.85. The van der Waals surface area contributed by atoms with Crippen LogP contribution in [-0.2, 0) is 11.3 Å². The number of hydrogen-bond donors (Lipinski definition) is 0. The second-order valence-electron chi connectivity index (χ2n) is 4.94. The van der Waals surface area contributed by atoms with Gasteiger partial charge >= 0.3 is 5.97 Å². The predicted octanol–water partition coefficient (Wildman–Crippen LogP) is 2.80. The Labute approximate surface area is 119 Å². The summed E-state index contributed by atoms with van der Waals surface area (Å²) in [5, 5.41) is 0.638. The summed E-state index contributed by atoms with van der Waals surface area (Å²) in [6, 6.07) is 8.26. The van der Waals surface area contributed by atoms with Gasteiger partial charge in [0.2, 0.25) is 0 Å². The van der Waals surface area contributed by atoms with Gasteiger partial charge in [0.15, 0.2) is 0 Å². The Morgan fingerprint density at radius 1 is 1.42 bits per heavy atom. The van der Waals surface area contributed by atoms with Gasteiger partial charge in [0.05, 0.1) is 12.7 Å². The van der Waals surface area contributed by atoms with Crippen molar-refractivity contribution in [3.05, 3.63) is 35.4 Å². The smallest absolute Gasteiger partial charge is 0.338 e. The number of hydrogen-bond acceptors (Lipinski definition) is 4. The number of nitrogens with zero attached hydrogens (tertiary/aromatic N) is 1. The van der Waals surface area contributed by atoms with Crippen LogP contribution in [0.3, 0.4) is 0 Å². The molecule has 3 nitrogen and oxygen atoms in total. The van der Waals surface area contributed by atoms with Crippen LogP contribution in [0.5, 0.6) is 0 Å². The maximum Gasteiger partial charge on any atom is 0.338 e. The first-order valence-corrected chi connectivity index (χ1v) is 7.70. The lowest BCUT2D eigenvalue weighted by Crippen LogP contribution is -2.44.